The van der Waals surface area contributed by atoms with Gasteiger partial charge in [0.05, 0.1) is 0 Å². The molecule has 0 fully saturated rings. The van der Waals surface area contributed by atoms with Crippen molar-refractivity contribution in [3.63, 3.8) is 0 Å². The van der Waals surface area contributed by atoms with Crippen LogP contribution in [0, 0.1) is 16.6 Å². The molecule has 59 heavy (non-hydrogen) atoms. The summed E-state index contributed by atoms with van der Waals surface area (Å²) in [4.78, 5) is 7.07. The second kappa shape index (κ2) is 15.4. The molecule has 0 saturated carbocycles. The Morgan fingerprint density at radius 3 is 2.07 bits per heavy atom. The Morgan fingerprint density at radius 1 is 0.695 bits per heavy atom. The number of imidazole rings is 1. The second-order valence-electron chi connectivity index (χ2n) is 14.7. The van der Waals surface area contributed by atoms with Crippen LogP contribution in [0.5, 0.6) is 11.5 Å². The van der Waals surface area contributed by atoms with Crippen molar-refractivity contribution >= 4 is 29.5 Å². The van der Waals surface area contributed by atoms with E-state index in [-0.39, 0.29) is 34.9 Å². The molecule has 0 N–H and O–H groups in total. The van der Waals surface area contributed by atoms with Crippen LogP contribution in [0.25, 0.3) is 55.9 Å². The Hall–Kier alpha value is -6.50. The van der Waals surface area contributed by atoms with Crippen molar-refractivity contribution in [1.82, 2.24) is 23.8 Å². The van der Waals surface area contributed by atoms with Crippen molar-refractivity contribution in [2.45, 2.75) is 27.1 Å². The molecule has 0 spiro atoms. The van der Waals surface area contributed by atoms with Crippen LogP contribution in [0.1, 0.15) is 33.1 Å². The zero-order valence-corrected chi connectivity index (χ0v) is 34.5. The number of benzene rings is 6. The molecule has 7 nitrogen and oxygen atoms in total. The van der Waals surface area contributed by atoms with E-state index in [2.05, 4.69) is 55.6 Å². The molecule has 1 aliphatic rings. The fraction of sp³-hybridized carbons (Fsp3) is 0.100. The van der Waals surface area contributed by atoms with Crippen molar-refractivity contribution in [1.29, 1.82) is 0 Å². The molecule has 0 aliphatic carbocycles. The molecule has 0 unspecified atom stereocenters. The molecule has 6 aromatic carbocycles. The van der Waals surface area contributed by atoms with Crippen LogP contribution in [-0.4, -0.2) is 30.8 Å². The Bertz CT molecular complexity index is 3500. The first kappa shape index (κ1) is 27.2. The molecule has 0 atom stereocenters. The van der Waals surface area contributed by atoms with E-state index >= 15 is 0 Å². The van der Waals surface area contributed by atoms with Gasteiger partial charge in [-0.05, 0) is 24.5 Å². The number of rotatable bonds is 9. The standard InChI is InChI=1S/C50H41BN6O.Pt/c1-35(2)33-51-56(49-30-36(3)26-28-52-49)48-32-41(24-25-44(48)45-27-29-53-57(45)51)58-40-19-12-18-39(31-40)54-34-55(47-23-11-10-22-46(47)54)50-42(37-14-6-4-7-15-37)20-13-21-43(50)38-16-8-5-9-17-38;/h4-32,35H,33H2,1-3H3;/i4D,5D,6D,7D,8D,9D,14D,15D,16D,17D;. The van der Waals surface area contributed by atoms with E-state index in [0.29, 0.717) is 37.9 Å². The maximum absolute atomic E-state index is 9.07. The summed E-state index contributed by atoms with van der Waals surface area (Å²) in [6.07, 6.45) is 4.47. The van der Waals surface area contributed by atoms with Gasteiger partial charge in [-0.25, -0.2) is 0 Å². The SMILES string of the molecule is [2H]c1c([2H])c([2H])c(-c2cccc(-c3c([2H])c([2H])c([2H])c([2H])c3[2H])c2-n2[c](=[Pt])n(-c3cccc(Oc4ccc5c(c4)N(c4cc(C)ccn4)B(CC(C)C)n4nccc4-5)c3)c3ccccc32)c([2H])c1[2H]. The zero-order valence-electron chi connectivity index (χ0n) is 42.2. The predicted octanol–water partition coefficient (Wildman–Crippen LogP) is 12.3. The summed E-state index contributed by atoms with van der Waals surface area (Å²) >= 11 is 2.17. The van der Waals surface area contributed by atoms with Gasteiger partial charge >= 0.3 is 315 Å². The minimum atomic E-state index is -0.558. The summed E-state index contributed by atoms with van der Waals surface area (Å²) in [5, 5.41) is 4.78. The predicted molar refractivity (Wildman–Crippen MR) is 236 cm³/mol. The fourth-order valence-electron chi connectivity index (χ4n) is 7.93. The summed E-state index contributed by atoms with van der Waals surface area (Å²) in [6.45, 7) is 6.30. The van der Waals surface area contributed by atoms with Gasteiger partial charge in [-0.3, -0.25) is 0 Å². The third kappa shape index (κ3) is 6.68. The maximum atomic E-state index is 9.07. The van der Waals surface area contributed by atoms with Gasteiger partial charge in [0.2, 0.25) is 0 Å². The second-order valence-corrected chi connectivity index (χ2v) is 15.7. The van der Waals surface area contributed by atoms with Gasteiger partial charge in [0.1, 0.15) is 0 Å². The number of anilines is 2. The number of fused-ring (bicyclic) bond motifs is 4. The van der Waals surface area contributed by atoms with Crippen LogP contribution >= 0.6 is 0 Å². The summed E-state index contributed by atoms with van der Waals surface area (Å²) in [5.41, 5.74) is 6.45. The first-order chi connectivity index (χ1) is 33.1. The van der Waals surface area contributed by atoms with Crippen molar-refractivity contribution < 1.29 is 37.8 Å². The monoisotopic (exact) mass is 957 g/mol. The van der Waals surface area contributed by atoms with Crippen LogP contribution in [0.4, 0.5) is 11.5 Å². The number of aromatic nitrogens is 5. The molecule has 0 amide bonds. The molecule has 9 aromatic rings. The Labute approximate surface area is 369 Å². The van der Waals surface area contributed by atoms with Crippen molar-refractivity contribution in [3.05, 3.63) is 185 Å². The Balaban J connectivity index is 1.16. The van der Waals surface area contributed by atoms with E-state index in [9.17, 15) is 0 Å². The van der Waals surface area contributed by atoms with Crippen molar-refractivity contribution in [2.24, 2.45) is 5.92 Å². The van der Waals surface area contributed by atoms with Gasteiger partial charge in [0, 0.05) is 12.4 Å². The van der Waals surface area contributed by atoms with E-state index in [0.717, 1.165) is 34.6 Å². The normalized spacial score (nSPS) is 14.6. The van der Waals surface area contributed by atoms with Gasteiger partial charge in [0.15, 0.2) is 0 Å². The molecule has 0 saturated heterocycles. The molecular formula is C50H41BN6OPt. The van der Waals surface area contributed by atoms with Gasteiger partial charge in [-0.15, -0.1) is 0 Å². The molecule has 9 heteroatoms. The Kier molecular flexibility index (Phi) is 7.09. The summed E-state index contributed by atoms with van der Waals surface area (Å²) in [5.74, 6) is 2.28. The fourth-order valence-corrected chi connectivity index (χ4v) is 9.02. The van der Waals surface area contributed by atoms with Gasteiger partial charge < -0.3 is 0 Å². The third-order valence-corrected chi connectivity index (χ3v) is 11.4. The van der Waals surface area contributed by atoms with Gasteiger partial charge in [-0.2, -0.15) is 5.10 Å². The van der Waals surface area contributed by atoms with E-state index in [4.69, 9.17) is 28.5 Å². The average molecular weight is 958 g/mol. The molecule has 290 valence electrons. The molecule has 4 heterocycles. The number of hydrogen-bond donors (Lipinski definition) is 0. The number of ether oxygens (including phenoxy) is 1. The first-order valence-corrected chi connectivity index (χ1v) is 20.3. The summed E-state index contributed by atoms with van der Waals surface area (Å²) in [6, 6.07) is 27.0. The summed E-state index contributed by atoms with van der Waals surface area (Å²) in [7, 11) is 0. The average Bonchev–Trinajstić information content (AvgIpc) is 3.94. The van der Waals surface area contributed by atoms with E-state index in [1.165, 1.54) is 0 Å². The molecule has 0 bridgehead atoms. The first-order valence-electron chi connectivity index (χ1n) is 24.2. The van der Waals surface area contributed by atoms with Crippen LogP contribution < -0.4 is 9.55 Å². The third-order valence-electron chi connectivity index (χ3n) is 10.4. The molecule has 0 radical (unpaired) electrons. The number of aryl methyl sites for hydroxylation is 1. The van der Waals surface area contributed by atoms with Gasteiger partial charge in [-0.1, -0.05) is 13.8 Å². The topological polar surface area (TPSA) is 53.0 Å². The molecule has 3 aromatic heterocycles. The van der Waals surface area contributed by atoms with Gasteiger partial charge in [0.25, 0.3) is 0 Å². The number of hydrogen-bond acceptors (Lipinski definition) is 4. The van der Waals surface area contributed by atoms with Crippen LogP contribution in [0.2, 0.25) is 6.32 Å². The number of pyridine rings is 1. The van der Waals surface area contributed by atoms with Crippen LogP contribution in [0.3, 0.4) is 0 Å². The number of nitrogens with zero attached hydrogens (tertiary/aromatic N) is 6. The zero-order chi connectivity index (χ0) is 48.7. The van der Waals surface area contributed by atoms with Crippen molar-refractivity contribution in [2.75, 3.05) is 4.81 Å². The quantitative estimate of drug-likeness (QED) is 0.135. The minimum absolute atomic E-state index is 0.109. The Morgan fingerprint density at radius 2 is 1.37 bits per heavy atom. The summed E-state index contributed by atoms with van der Waals surface area (Å²) < 4.78 is 101. The number of para-hydroxylation sites is 3. The van der Waals surface area contributed by atoms with Crippen molar-refractivity contribution in [3.8, 4) is 56.4 Å². The van der Waals surface area contributed by atoms with Crippen LogP contribution in [0.15, 0.2) is 176 Å². The molecule has 10 rings (SSSR count). The van der Waals surface area contributed by atoms with E-state index in [1.54, 1.807) is 18.2 Å². The van der Waals surface area contributed by atoms with Crippen LogP contribution in [-0.2, 0) is 19.4 Å². The van der Waals surface area contributed by atoms with E-state index in [1.807, 2.05) is 100 Å². The molecular weight excluding hydrogens is 906 g/mol. The van der Waals surface area contributed by atoms with E-state index < -0.39 is 60.4 Å². The molecule has 1 aliphatic heterocycles.